The highest BCUT2D eigenvalue weighted by atomic mass is 16.5. The van der Waals surface area contributed by atoms with E-state index in [1.807, 2.05) is 79.7 Å². The molecule has 1 heterocycles. The molecule has 3 aromatic carbocycles. The maximum absolute atomic E-state index is 13.0. The third-order valence-electron chi connectivity index (χ3n) is 7.03. The number of fused-ring (bicyclic) bond motifs is 1. The number of para-hydroxylation sites is 1. The van der Waals surface area contributed by atoms with Crippen LogP contribution < -0.4 is 15.4 Å². The highest BCUT2D eigenvalue weighted by molar-refractivity contribution is 5.88. The van der Waals surface area contributed by atoms with Gasteiger partial charge in [0.15, 0.2) is 0 Å². The number of carbonyl (C=O) groups is 1. The van der Waals surface area contributed by atoms with E-state index in [-0.39, 0.29) is 18.0 Å². The fourth-order valence-corrected chi connectivity index (χ4v) is 4.76. The standard InChI is InChI=1S/C32H36N4O3/c1-21-12-14-24(15-13-21)36-30(19-29(35-36)32(2,3)4)34-31(38)33-20-23-8-5-6-11-28(23)39-25-16-17-26-22(18-25)9-7-10-27(26)37/h5-6,8,11-19,27,37H,7,9-10,20H2,1-4H3,(H2,33,34,38). The fourth-order valence-electron chi connectivity index (χ4n) is 4.76. The van der Waals surface area contributed by atoms with E-state index in [0.29, 0.717) is 11.6 Å². The van der Waals surface area contributed by atoms with Crippen molar-refractivity contribution in [2.24, 2.45) is 0 Å². The number of nitrogens with zero attached hydrogens (tertiary/aromatic N) is 2. The van der Waals surface area contributed by atoms with Gasteiger partial charge in [0, 0.05) is 23.6 Å². The van der Waals surface area contributed by atoms with Gasteiger partial charge in [-0.2, -0.15) is 5.10 Å². The predicted molar refractivity (Wildman–Crippen MR) is 154 cm³/mol. The van der Waals surface area contributed by atoms with Gasteiger partial charge in [0.25, 0.3) is 0 Å². The molecule has 1 unspecified atom stereocenters. The number of urea groups is 1. The van der Waals surface area contributed by atoms with Crippen LogP contribution in [-0.4, -0.2) is 20.9 Å². The molecule has 1 aliphatic rings. The number of rotatable bonds is 6. The Morgan fingerprint density at radius 2 is 1.85 bits per heavy atom. The van der Waals surface area contributed by atoms with Gasteiger partial charge in [0.2, 0.25) is 0 Å². The normalized spacial score (nSPS) is 14.9. The summed E-state index contributed by atoms with van der Waals surface area (Å²) in [5.41, 5.74) is 5.71. The Bertz CT molecular complexity index is 1470. The molecule has 1 aliphatic carbocycles. The number of aliphatic hydroxyl groups excluding tert-OH is 1. The van der Waals surface area contributed by atoms with E-state index in [1.165, 1.54) is 0 Å². The molecule has 5 rings (SSSR count). The van der Waals surface area contributed by atoms with Crippen molar-refractivity contribution in [2.45, 2.75) is 65.0 Å². The Morgan fingerprint density at radius 1 is 1.08 bits per heavy atom. The Balaban J connectivity index is 1.30. The molecule has 3 N–H and O–H groups in total. The summed E-state index contributed by atoms with van der Waals surface area (Å²) in [6.45, 7) is 8.62. The van der Waals surface area contributed by atoms with Gasteiger partial charge in [0.1, 0.15) is 17.3 Å². The summed E-state index contributed by atoms with van der Waals surface area (Å²) in [7, 11) is 0. The topological polar surface area (TPSA) is 88.4 Å². The Hall–Kier alpha value is -4.10. The second-order valence-electron chi connectivity index (χ2n) is 11.2. The molecule has 39 heavy (non-hydrogen) atoms. The van der Waals surface area contributed by atoms with Crippen molar-refractivity contribution in [1.82, 2.24) is 15.1 Å². The summed E-state index contributed by atoms with van der Waals surface area (Å²) in [4.78, 5) is 13.0. The largest absolute Gasteiger partial charge is 0.457 e. The average Bonchev–Trinajstić information content (AvgIpc) is 3.33. The zero-order valence-corrected chi connectivity index (χ0v) is 23.0. The molecular weight excluding hydrogens is 488 g/mol. The lowest BCUT2D eigenvalue weighted by atomic mass is 9.89. The fraction of sp³-hybridized carbons (Fsp3) is 0.312. The van der Waals surface area contributed by atoms with E-state index in [0.717, 1.165) is 58.6 Å². The number of carbonyl (C=O) groups excluding carboxylic acids is 1. The molecule has 0 fully saturated rings. The number of aliphatic hydroxyl groups is 1. The Morgan fingerprint density at radius 3 is 2.62 bits per heavy atom. The van der Waals surface area contributed by atoms with E-state index in [9.17, 15) is 9.90 Å². The van der Waals surface area contributed by atoms with Crippen LogP contribution in [0.4, 0.5) is 10.6 Å². The van der Waals surface area contributed by atoms with Crippen LogP contribution in [0.2, 0.25) is 0 Å². The van der Waals surface area contributed by atoms with Crippen LogP contribution in [0.1, 0.15) is 67.7 Å². The first-order valence-corrected chi connectivity index (χ1v) is 13.5. The summed E-state index contributed by atoms with van der Waals surface area (Å²) in [6.07, 6.45) is 2.29. The summed E-state index contributed by atoms with van der Waals surface area (Å²) >= 11 is 0. The van der Waals surface area contributed by atoms with Crippen molar-refractivity contribution in [3.8, 4) is 17.2 Å². The highest BCUT2D eigenvalue weighted by Gasteiger charge is 2.22. The van der Waals surface area contributed by atoms with Gasteiger partial charge in [-0.05, 0) is 67.6 Å². The van der Waals surface area contributed by atoms with Crippen LogP contribution in [0.3, 0.4) is 0 Å². The minimum absolute atomic E-state index is 0.173. The van der Waals surface area contributed by atoms with E-state index >= 15 is 0 Å². The molecular formula is C32H36N4O3. The van der Waals surface area contributed by atoms with Gasteiger partial charge in [0.05, 0.1) is 17.5 Å². The number of aryl methyl sites for hydroxylation is 2. The molecule has 4 aromatic rings. The summed E-state index contributed by atoms with van der Waals surface area (Å²) in [5, 5.41) is 21.0. The molecule has 0 bridgehead atoms. The van der Waals surface area contributed by atoms with Crippen LogP contribution in [0.5, 0.6) is 11.5 Å². The number of anilines is 1. The lowest BCUT2D eigenvalue weighted by molar-refractivity contribution is 0.156. The molecule has 7 heteroatoms. The van der Waals surface area contributed by atoms with Gasteiger partial charge >= 0.3 is 6.03 Å². The predicted octanol–water partition coefficient (Wildman–Crippen LogP) is 6.96. The number of ether oxygens (including phenoxy) is 1. The van der Waals surface area contributed by atoms with Crippen molar-refractivity contribution < 1.29 is 14.6 Å². The molecule has 0 saturated carbocycles. The van der Waals surface area contributed by atoms with Crippen molar-refractivity contribution >= 4 is 11.8 Å². The van der Waals surface area contributed by atoms with Crippen LogP contribution in [0, 0.1) is 6.92 Å². The van der Waals surface area contributed by atoms with Gasteiger partial charge in [-0.25, -0.2) is 9.48 Å². The van der Waals surface area contributed by atoms with Crippen molar-refractivity contribution in [3.63, 3.8) is 0 Å². The third-order valence-corrected chi connectivity index (χ3v) is 7.03. The first kappa shape index (κ1) is 26.5. The van der Waals surface area contributed by atoms with Crippen LogP contribution in [0.25, 0.3) is 5.69 Å². The SMILES string of the molecule is Cc1ccc(-n2nc(C(C)(C)C)cc2NC(=O)NCc2ccccc2Oc2ccc3c(c2)CCCC3O)cc1. The Kier molecular flexibility index (Phi) is 7.44. The minimum atomic E-state index is -0.403. The number of benzene rings is 3. The second-order valence-corrected chi connectivity index (χ2v) is 11.2. The van der Waals surface area contributed by atoms with Crippen LogP contribution in [-0.2, 0) is 18.4 Å². The summed E-state index contributed by atoms with van der Waals surface area (Å²) in [6, 6.07) is 23.1. The number of hydrogen-bond donors (Lipinski definition) is 3. The molecule has 2 amide bonds. The zero-order chi connectivity index (χ0) is 27.6. The van der Waals surface area contributed by atoms with E-state index in [4.69, 9.17) is 9.84 Å². The summed E-state index contributed by atoms with van der Waals surface area (Å²) in [5.74, 6) is 1.99. The van der Waals surface area contributed by atoms with Crippen molar-refractivity contribution in [1.29, 1.82) is 0 Å². The minimum Gasteiger partial charge on any atom is -0.457 e. The van der Waals surface area contributed by atoms with Crippen molar-refractivity contribution in [2.75, 3.05) is 5.32 Å². The van der Waals surface area contributed by atoms with Gasteiger partial charge in [-0.3, -0.25) is 5.32 Å². The molecule has 0 saturated heterocycles. The maximum Gasteiger partial charge on any atom is 0.320 e. The molecule has 0 aliphatic heterocycles. The molecule has 0 spiro atoms. The van der Waals surface area contributed by atoms with Gasteiger partial charge in [-0.1, -0.05) is 62.7 Å². The van der Waals surface area contributed by atoms with Gasteiger partial charge < -0.3 is 15.2 Å². The maximum atomic E-state index is 13.0. The number of amides is 2. The first-order chi connectivity index (χ1) is 18.7. The van der Waals surface area contributed by atoms with Gasteiger partial charge in [-0.15, -0.1) is 0 Å². The smallest absolute Gasteiger partial charge is 0.320 e. The van der Waals surface area contributed by atoms with E-state index in [2.05, 4.69) is 31.4 Å². The quantitative estimate of drug-likeness (QED) is 0.254. The number of nitrogens with one attached hydrogen (secondary N) is 2. The molecule has 1 aromatic heterocycles. The first-order valence-electron chi connectivity index (χ1n) is 13.5. The molecule has 202 valence electrons. The average molecular weight is 525 g/mol. The molecule has 0 radical (unpaired) electrons. The van der Waals surface area contributed by atoms with Crippen LogP contribution in [0.15, 0.2) is 72.8 Å². The summed E-state index contributed by atoms with van der Waals surface area (Å²) < 4.78 is 7.99. The lowest BCUT2D eigenvalue weighted by Crippen LogP contribution is -2.29. The molecule has 7 nitrogen and oxygen atoms in total. The Labute approximate surface area is 229 Å². The van der Waals surface area contributed by atoms with E-state index < -0.39 is 6.10 Å². The second kappa shape index (κ2) is 10.9. The number of aromatic nitrogens is 2. The van der Waals surface area contributed by atoms with Crippen LogP contribution >= 0.6 is 0 Å². The monoisotopic (exact) mass is 524 g/mol. The molecule has 1 atom stereocenters. The zero-order valence-electron chi connectivity index (χ0n) is 23.0. The highest BCUT2D eigenvalue weighted by Crippen LogP contribution is 2.34. The van der Waals surface area contributed by atoms with Crippen molar-refractivity contribution in [3.05, 3.63) is 101 Å². The lowest BCUT2D eigenvalue weighted by Gasteiger charge is -2.22. The number of hydrogen-bond acceptors (Lipinski definition) is 4. The third kappa shape index (κ3) is 6.15. The van der Waals surface area contributed by atoms with E-state index in [1.54, 1.807) is 4.68 Å².